The molecule has 8 nitrogen and oxygen atoms in total. The highest BCUT2D eigenvalue weighted by Gasteiger charge is 2.61. The van der Waals surface area contributed by atoms with Gasteiger partial charge < -0.3 is 24.3 Å². The van der Waals surface area contributed by atoms with Gasteiger partial charge in [0.05, 0.1) is 25.0 Å². The number of benzene rings is 1. The molecule has 2 saturated heterocycles. The molecule has 4 rings (SSSR count). The molecule has 0 unspecified atom stereocenters. The Morgan fingerprint density at radius 1 is 1.08 bits per heavy atom. The molecule has 38 heavy (non-hydrogen) atoms. The molecule has 0 bridgehead atoms. The second kappa shape index (κ2) is 10.0. The summed E-state index contributed by atoms with van der Waals surface area (Å²) in [4.78, 5) is 21.3. The van der Waals surface area contributed by atoms with Gasteiger partial charge in [0.25, 0.3) is 0 Å². The number of nitrogens with zero attached hydrogens (tertiary/aromatic N) is 3. The normalized spacial score (nSPS) is 21.1. The number of ether oxygens (including phenoxy) is 2. The number of carboxylic acid groups (broad SMARTS) is 1. The number of rotatable bonds is 8. The van der Waals surface area contributed by atoms with Crippen molar-refractivity contribution in [3.8, 4) is 11.5 Å². The summed E-state index contributed by atoms with van der Waals surface area (Å²) in [7, 11) is 0. The third-order valence-electron chi connectivity index (χ3n) is 7.40. The van der Waals surface area contributed by atoms with Crippen LogP contribution in [-0.2, 0) is 22.1 Å². The van der Waals surface area contributed by atoms with Gasteiger partial charge in [-0.25, -0.2) is 0 Å². The molecule has 1 aromatic carbocycles. The largest absolute Gasteiger partial charge is 0.493 e. The fourth-order valence-electron chi connectivity index (χ4n) is 5.18. The monoisotopic (exact) mass is 549 g/mol. The molecule has 3 aliphatic rings. The lowest BCUT2D eigenvalue weighted by Crippen LogP contribution is -2.61. The molecule has 0 radical (unpaired) electrons. The van der Waals surface area contributed by atoms with Crippen molar-refractivity contribution < 1.29 is 46.2 Å². The second-order valence-electron chi connectivity index (χ2n) is 10.4. The van der Waals surface area contributed by atoms with Crippen molar-refractivity contribution in [3.05, 3.63) is 23.3 Å². The molecule has 0 amide bonds. The van der Waals surface area contributed by atoms with E-state index in [1.807, 2.05) is 9.80 Å². The molecule has 1 aromatic rings. The fourth-order valence-corrected chi connectivity index (χ4v) is 5.18. The van der Waals surface area contributed by atoms with Crippen molar-refractivity contribution in [1.82, 2.24) is 9.80 Å². The van der Waals surface area contributed by atoms with Gasteiger partial charge in [0.15, 0.2) is 5.60 Å². The van der Waals surface area contributed by atoms with Gasteiger partial charge in [0, 0.05) is 32.7 Å². The summed E-state index contributed by atoms with van der Waals surface area (Å²) in [6, 6.07) is 2.41. The summed E-state index contributed by atoms with van der Waals surface area (Å²) in [6.07, 6.45) is -4.24. The number of halogens is 5. The first kappa shape index (κ1) is 28.2. The average Bonchev–Trinajstić information content (AvgIpc) is 3.24. The molecule has 1 N–H and O–H groups in total. The Labute approximate surface area is 217 Å². The smallest absolute Gasteiger partial charge is 0.458 e. The molecule has 212 valence electrons. The van der Waals surface area contributed by atoms with E-state index in [-0.39, 0.29) is 19.8 Å². The number of aliphatic carboxylic acids is 1. The molecule has 0 saturated carbocycles. The van der Waals surface area contributed by atoms with Gasteiger partial charge in [-0.1, -0.05) is 5.16 Å². The van der Waals surface area contributed by atoms with Crippen LogP contribution in [0.15, 0.2) is 17.3 Å². The average molecular weight is 550 g/mol. The quantitative estimate of drug-likeness (QED) is 0.474. The summed E-state index contributed by atoms with van der Waals surface area (Å²) in [5.41, 5.74) is -2.15. The Morgan fingerprint density at radius 3 is 2.11 bits per heavy atom. The number of carboxylic acids is 1. The summed E-state index contributed by atoms with van der Waals surface area (Å²) in [5, 5.41) is 13.7. The molecule has 13 heteroatoms. The predicted octanol–water partition coefficient (Wildman–Crippen LogP) is 4.61. The van der Waals surface area contributed by atoms with Crippen LogP contribution in [-0.4, -0.2) is 77.9 Å². The van der Waals surface area contributed by atoms with Crippen molar-refractivity contribution in [2.45, 2.75) is 64.3 Å². The minimum absolute atomic E-state index is 0.0984. The first-order valence-corrected chi connectivity index (χ1v) is 12.6. The summed E-state index contributed by atoms with van der Waals surface area (Å²) in [6.45, 7) is 6.92. The first-order valence-electron chi connectivity index (χ1n) is 12.6. The molecule has 3 heterocycles. The molecule has 0 aromatic heterocycles. The van der Waals surface area contributed by atoms with E-state index in [0.29, 0.717) is 51.0 Å². The summed E-state index contributed by atoms with van der Waals surface area (Å²) in [5.74, 6) is -6.31. The van der Waals surface area contributed by atoms with Crippen LogP contribution in [0.5, 0.6) is 11.5 Å². The molecular weight excluding hydrogens is 517 g/mol. The van der Waals surface area contributed by atoms with Gasteiger partial charge in [-0.3, -0.25) is 9.69 Å². The topological polar surface area (TPSA) is 83.8 Å². The van der Waals surface area contributed by atoms with E-state index in [2.05, 4.69) is 5.16 Å². The van der Waals surface area contributed by atoms with Crippen LogP contribution in [0.1, 0.15) is 51.2 Å². The van der Waals surface area contributed by atoms with E-state index in [1.54, 1.807) is 6.92 Å². The van der Waals surface area contributed by atoms with Crippen LogP contribution in [0.4, 0.5) is 22.0 Å². The Bertz CT molecular complexity index is 1050. The van der Waals surface area contributed by atoms with E-state index in [9.17, 15) is 31.9 Å². The van der Waals surface area contributed by atoms with Crippen LogP contribution < -0.4 is 9.47 Å². The van der Waals surface area contributed by atoms with Gasteiger partial charge in [0.2, 0.25) is 0 Å². The third kappa shape index (κ3) is 5.21. The zero-order valence-electron chi connectivity index (χ0n) is 21.5. The Morgan fingerprint density at radius 2 is 1.63 bits per heavy atom. The third-order valence-corrected chi connectivity index (χ3v) is 7.40. The lowest BCUT2D eigenvalue weighted by molar-refractivity contribution is -0.290. The van der Waals surface area contributed by atoms with E-state index in [4.69, 9.17) is 14.3 Å². The van der Waals surface area contributed by atoms with Crippen molar-refractivity contribution in [2.75, 3.05) is 39.4 Å². The van der Waals surface area contributed by atoms with E-state index < -0.39 is 46.1 Å². The van der Waals surface area contributed by atoms with Gasteiger partial charge >= 0.3 is 18.1 Å². The van der Waals surface area contributed by atoms with Gasteiger partial charge in [0.1, 0.15) is 22.9 Å². The molecule has 0 atom stereocenters. The number of hydrogen-bond donors (Lipinski definition) is 1. The first-order chi connectivity index (χ1) is 17.7. The number of amidine groups is 1. The molecule has 3 aliphatic heterocycles. The van der Waals surface area contributed by atoms with Crippen molar-refractivity contribution in [3.63, 3.8) is 0 Å². The minimum Gasteiger partial charge on any atom is -0.493 e. The van der Waals surface area contributed by atoms with Gasteiger partial charge in [-0.2, -0.15) is 22.0 Å². The van der Waals surface area contributed by atoms with Crippen LogP contribution in [0.3, 0.4) is 0 Å². The van der Waals surface area contributed by atoms with Crippen LogP contribution in [0.25, 0.3) is 0 Å². The van der Waals surface area contributed by atoms with E-state index in [1.165, 1.54) is 26.0 Å². The van der Waals surface area contributed by atoms with Gasteiger partial charge in [-0.05, 0) is 51.3 Å². The molecule has 2 fully saturated rings. The van der Waals surface area contributed by atoms with Crippen molar-refractivity contribution in [1.29, 1.82) is 0 Å². The standard InChI is InChI=1S/C25H32F5N3O5/c1-4-36-17-10-16(11-18(37-5-2)20(17)24(26,27)25(28,29)30)13-32-14-23(15-32)12-19(31-38-23)33-8-6-22(3,7-9-33)21(34)35/h10-11H,4-9,12-15H2,1-3H3,(H,34,35). The minimum atomic E-state index is -5.81. The Hall–Kier alpha value is -2.83. The lowest BCUT2D eigenvalue weighted by atomic mass is 9.80. The zero-order chi connectivity index (χ0) is 27.9. The van der Waals surface area contributed by atoms with E-state index in [0.717, 1.165) is 5.84 Å². The summed E-state index contributed by atoms with van der Waals surface area (Å²) < 4.78 is 78.9. The molecular formula is C25H32F5N3O5. The predicted molar refractivity (Wildman–Crippen MR) is 126 cm³/mol. The van der Waals surface area contributed by atoms with Crippen LogP contribution in [0, 0.1) is 5.41 Å². The second-order valence-corrected chi connectivity index (χ2v) is 10.4. The summed E-state index contributed by atoms with van der Waals surface area (Å²) >= 11 is 0. The van der Waals surface area contributed by atoms with Gasteiger partial charge in [-0.15, -0.1) is 0 Å². The number of likely N-dealkylation sites (tertiary alicyclic amines) is 2. The van der Waals surface area contributed by atoms with Crippen molar-refractivity contribution in [2.24, 2.45) is 10.6 Å². The Balaban J connectivity index is 1.42. The zero-order valence-corrected chi connectivity index (χ0v) is 21.5. The lowest BCUT2D eigenvalue weighted by Gasteiger charge is -2.45. The highest BCUT2D eigenvalue weighted by molar-refractivity contribution is 5.85. The highest BCUT2D eigenvalue weighted by atomic mass is 19.4. The number of alkyl halides is 5. The highest BCUT2D eigenvalue weighted by Crippen LogP contribution is 2.51. The number of carbonyl (C=O) groups is 1. The SMILES string of the molecule is CCOc1cc(CN2CC3(CC(N4CCC(C)(C(=O)O)CC4)=NO3)C2)cc(OCC)c1C(F)(F)C(F)(F)F. The van der Waals surface area contributed by atoms with E-state index >= 15 is 0 Å². The maximum atomic E-state index is 14.4. The maximum Gasteiger partial charge on any atom is 0.458 e. The maximum absolute atomic E-state index is 14.4. The Kier molecular flexibility index (Phi) is 7.45. The number of piperidine rings is 1. The number of hydrogen-bond acceptors (Lipinski definition) is 7. The van der Waals surface area contributed by atoms with Crippen molar-refractivity contribution >= 4 is 11.8 Å². The fraction of sp³-hybridized carbons (Fsp3) is 0.680. The molecule has 1 spiro atoms. The van der Waals surface area contributed by atoms with Crippen LogP contribution in [0.2, 0.25) is 0 Å². The number of oxime groups is 1. The van der Waals surface area contributed by atoms with Crippen LogP contribution >= 0.6 is 0 Å². The molecule has 0 aliphatic carbocycles.